The molecule has 1 aliphatic heterocycles. The van der Waals surface area contributed by atoms with Gasteiger partial charge in [-0.3, -0.25) is 4.79 Å². The number of carbonyl (C=O) groups excluding carboxylic acids is 1. The van der Waals surface area contributed by atoms with Gasteiger partial charge in [0.25, 0.3) is 0 Å². The molecule has 0 unspecified atom stereocenters. The Morgan fingerprint density at radius 2 is 2.19 bits per heavy atom. The lowest BCUT2D eigenvalue weighted by Gasteiger charge is -2.37. The van der Waals surface area contributed by atoms with E-state index in [0.717, 1.165) is 24.9 Å². The molecule has 112 valence electrons. The first-order valence-electron chi connectivity index (χ1n) is 7.63. The van der Waals surface area contributed by atoms with Crippen molar-refractivity contribution in [1.29, 1.82) is 0 Å². The molecule has 4 nitrogen and oxygen atoms in total. The van der Waals surface area contributed by atoms with E-state index in [-0.39, 0.29) is 23.8 Å². The molecule has 0 spiro atoms. The lowest BCUT2D eigenvalue weighted by atomic mass is 9.76. The zero-order valence-electron chi connectivity index (χ0n) is 12.6. The number of hydrogen-bond acceptors (Lipinski definition) is 3. The first-order chi connectivity index (χ1) is 10.3. The number of carbonyl (C=O) groups is 1. The van der Waals surface area contributed by atoms with E-state index in [0.29, 0.717) is 0 Å². The molecule has 0 bridgehead atoms. The molecule has 21 heavy (non-hydrogen) atoms. The number of esters is 1. The average Bonchev–Trinajstić information content (AvgIpc) is 2.97. The van der Waals surface area contributed by atoms with Gasteiger partial charge in [-0.15, -0.1) is 0 Å². The van der Waals surface area contributed by atoms with E-state index in [1.165, 1.54) is 18.1 Å². The third-order valence-corrected chi connectivity index (χ3v) is 4.70. The van der Waals surface area contributed by atoms with Crippen LogP contribution < -0.4 is 5.32 Å². The van der Waals surface area contributed by atoms with Crippen molar-refractivity contribution in [2.45, 2.75) is 25.8 Å². The van der Waals surface area contributed by atoms with Crippen molar-refractivity contribution in [3.05, 3.63) is 36.0 Å². The third-order valence-electron chi connectivity index (χ3n) is 4.70. The molecule has 1 aromatic carbocycles. The highest BCUT2D eigenvalue weighted by Crippen LogP contribution is 2.39. The maximum atomic E-state index is 12.1. The lowest BCUT2D eigenvalue weighted by molar-refractivity contribution is -0.149. The third kappa shape index (κ3) is 2.44. The molecule has 3 rings (SSSR count). The van der Waals surface area contributed by atoms with Crippen LogP contribution in [-0.4, -0.2) is 24.6 Å². The van der Waals surface area contributed by atoms with Crippen LogP contribution in [0.4, 0.5) is 0 Å². The number of benzene rings is 1. The molecule has 0 aliphatic carbocycles. The fraction of sp³-hybridized carbons (Fsp3) is 0.471. The van der Waals surface area contributed by atoms with Gasteiger partial charge in [-0.25, -0.2) is 0 Å². The second-order valence-electron chi connectivity index (χ2n) is 5.71. The Bertz CT molecular complexity index is 635. The smallest absolute Gasteiger partial charge is 0.309 e. The number of methoxy groups -OCH3 is 1. The van der Waals surface area contributed by atoms with E-state index < -0.39 is 0 Å². The number of fused-ring (bicyclic) bond motifs is 1. The maximum absolute atomic E-state index is 12.1. The molecule has 1 fully saturated rings. The van der Waals surface area contributed by atoms with E-state index in [1.54, 1.807) is 0 Å². The summed E-state index contributed by atoms with van der Waals surface area (Å²) in [6.07, 6.45) is 3.88. The summed E-state index contributed by atoms with van der Waals surface area (Å²) in [5, 5.41) is 4.83. The highest BCUT2D eigenvalue weighted by Gasteiger charge is 2.38. The molecular weight excluding hydrogens is 264 g/mol. The zero-order chi connectivity index (χ0) is 14.8. The van der Waals surface area contributed by atoms with Crippen molar-refractivity contribution < 1.29 is 9.53 Å². The van der Waals surface area contributed by atoms with Gasteiger partial charge >= 0.3 is 5.97 Å². The number of rotatable bonds is 3. The maximum Gasteiger partial charge on any atom is 0.309 e. The number of para-hydroxylation sites is 1. The number of hydrogen-bond donors (Lipinski definition) is 2. The summed E-state index contributed by atoms with van der Waals surface area (Å²) >= 11 is 0. The van der Waals surface area contributed by atoms with Crippen LogP contribution in [0, 0.1) is 11.8 Å². The molecule has 1 aromatic heterocycles. The van der Waals surface area contributed by atoms with Crippen molar-refractivity contribution in [2.75, 3.05) is 13.7 Å². The largest absolute Gasteiger partial charge is 0.469 e. The number of aromatic amines is 1. The van der Waals surface area contributed by atoms with Gasteiger partial charge in [0.15, 0.2) is 0 Å². The zero-order valence-corrected chi connectivity index (χ0v) is 12.6. The van der Waals surface area contributed by atoms with Crippen LogP contribution in [0.2, 0.25) is 0 Å². The Kier molecular flexibility index (Phi) is 3.97. The molecule has 2 heterocycles. The molecule has 0 radical (unpaired) electrons. The molecule has 4 heteroatoms. The summed E-state index contributed by atoms with van der Waals surface area (Å²) in [6.45, 7) is 3.00. The second-order valence-corrected chi connectivity index (χ2v) is 5.71. The summed E-state index contributed by atoms with van der Waals surface area (Å²) in [5.74, 6) is 0.179. The standard InChI is InChI=1S/C17H22N2O2/c1-3-11-13(17(20)21-2)8-9-18-16(11)14-10-19-15-7-5-4-6-12(14)15/h4-7,10-11,13,16,18-19H,3,8-9H2,1-2H3/t11-,13-,16-/m0/s1. The molecular formula is C17H22N2O2. The van der Waals surface area contributed by atoms with Gasteiger partial charge < -0.3 is 15.0 Å². The van der Waals surface area contributed by atoms with Gasteiger partial charge in [-0.05, 0) is 30.5 Å². The van der Waals surface area contributed by atoms with Crippen molar-refractivity contribution >= 4 is 16.9 Å². The summed E-state index contributed by atoms with van der Waals surface area (Å²) in [4.78, 5) is 15.4. The Morgan fingerprint density at radius 1 is 1.38 bits per heavy atom. The summed E-state index contributed by atoms with van der Waals surface area (Å²) < 4.78 is 5.00. The lowest BCUT2D eigenvalue weighted by Crippen LogP contribution is -2.43. The predicted octanol–water partition coefficient (Wildman–Crippen LogP) is 3.02. The quantitative estimate of drug-likeness (QED) is 0.853. The topological polar surface area (TPSA) is 54.1 Å². The fourth-order valence-corrected chi connectivity index (χ4v) is 3.65. The van der Waals surface area contributed by atoms with E-state index in [4.69, 9.17) is 4.74 Å². The first-order valence-corrected chi connectivity index (χ1v) is 7.63. The van der Waals surface area contributed by atoms with E-state index in [1.807, 2.05) is 6.07 Å². The number of H-pyrrole nitrogens is 1. The summed E-state index contributed by atoms with van der Waals surface area (Å²) in [6, 6.07) is 8.51. The number of aromatic nitrogens is 1. The Morgan fingerprint density at radius 3 is 2.95 bits per heavy atom. The predicted molar refractivity (Wildman–Crippen MR) is 82.9 cm³/mol. The molecule has 0 saturated carbocycles. The van der Waals surface area contributed by atoms with E-state index in [2.05, 4.69) is 41.6 Å². The summed E-state index contributed by atoms with van der Waals surface area (Å²) in [7, 11) is 1.48. The van der Waals surface area contributed by atoms with Gasteiger partial charge in [0.1, 0.15) is 0 Å². The Labute approximate surface area is 124 Å². The molecule has 2 aromatic rings. The van der Waals surface area contributed by atoms with Crippen LogP contribution in [0.1, 0.15) is 31.4 Å². The van der Waals surface area contributed by atoms with Gasteiger partial charge in [0.05, 0.1) is 13.0 Å². The van der Waals surface area contributed by atoms with Crippen LogP contribution >= 0.6 is 0 Å². The van der Waals surface area contributed by atoms with Crippen LogP contribution in [0.15, 0.2) is 30.5 Å². The van der Waals surface area contributed by atoms with Crippen molar-refractivity contribution in [3.63, 3.8) is 0 Å². The molecule has 1 aliphatic rings. The van der Waals surface area contributed by atoms with Gasteiger partial charge in [0.2, 0.25) is 0 Å². The monoisotopic (exact) mass is 286 g/mol. The SMILES string of the molecule is CC[C@H]1[C@@H](C(=O)OC)CCN[C@@H]1c1c[nH]c2ccccc12. The minimum absolute atomic E-state index is 0.0140. The molecule has 3 atom stereocenters. The minimum Gasteiger partial charge on any atom is -0.469 e. The Balaban J connectivity index is 1.98. The van der Waals surface area contributed by atoms with Crippen molar-refractivity contribution in [1.82, 2.24) is 10.3 Å². The minimum atomic E-state index is -0.0757. The second kappa shape index (κ2) is 5.90. The van der Waals surface area contributed by atoms with Crippen molar-refractivity contribution in [2.24, 2.45) is 11.8 Å². The van der Waals surface area contributed by atoms with Crippen LogP contribution in [0.3, 0.4) is 0 Å². The van der Waals surface area contributed by atoms with Crippen LogP contribution in [0.25, 0.3) is 10.9 Å². The van der Waals surface area contributed by atoms with Gasteiger partial charge in [-0.1, -0.05) is 31.5 Å². The Hall–Kier alpha value is -1.81. The van der Waals surface area contributed by atoms with Crippen LogP contribution in [-0.2, 0) is 9.53 Å². The van der Waals surface area contributed by atoms with Gasteiger partial charge in [0, 0.05) is 23.1 Å². The van der Waals surface area contributed by atoms with E-state index in [9.17, 15) is 4.79 Å². The number of piperidine rings is 1. The normalized spacial score (nSPS) is 25.9. The van der Waals surface area contributed by atoms with Gasteiger partial charge in [-0.2, -0.15) is 0 Å². The summed E-state index contributed by atoms with van der Waals surface area (Å²) in [5.41, 5.74) is 2.40. The first kappa shape index (κ1) is 14.1. The van der Waals surface area contributed by atoms with Crippen molar-refractivity contribution in [3.8, 4) is 0 Å². The van der Waals surface area contributed by atoms with E-state index >= 15 is 0 Å². The highest BCUT2D eigenvalue weighted by molar-refractivity contribution is 5.84. The fourth-order valence-electron chi connectivity index (χ4n) is 3.65. The highest BCUT2D eigenvalue weighted by atomic mass is 16.5. The molecule has 2 N–H and O–H groups in total. The average molecular weight is 286 g/mol. The van der Waals surface area contributed by atoms with Crippen LogP contribution in [0.5, 0.6) is 0 Å². The number of ether oxygens (including phenoxy) is 1. The molecule has 1 saturated heterocycles. The molecule has 0 amide bonds. The number of nitrogens with one attached hydrogen (secondary N) is 2.